The minimum atomic E-state index is -0.199. The Balaban J connectivity index is 1.11. The number of methoxy groups -OCH3 is 1. The van der Waals surface area contributed by atoms with Gasteiger partial charge in [-0.2, -0.15) is 5.10 Å². The van der Waals surface area contributed by atoms with Gasteiger partial charge in [0.15, 0.2) is 5.65 Å². The smallest absolute Gasteiger partial charge is 0.232 e. The zero-order chi connectivity index (χ0) is 30.2. The second kappa shape index (κ2) is 11.9. The number of nitrogens with one attached hydrogen (secondary N) is 1. The fourth-order valence-corrected chi connectivity index (χ4v) is 6.73. The predicted octanol–water partition coefficient (Wildman–Crippen LogP) is 4.74. The molecule has 11 nitrogen and oxygen atoms in total. The Morgan fingerprint density at radius 1 is 1.02 bits per heavy atom. The molecular formula is C33H38N8O3. The molecule has 0 spiro atoms. The number of aromatic nitrogens is 4. The molecule has 3 N–H and O–H groups in total. The van der Waals surface area contributed by atoms with E-state index < -0.39 is 0 Å². The lowest BCUT2D eigenvalue weighted by atomic mass is 9.90. The molecule has 1 aliphatic carbocycles. The molecule has 1 saturated heterocycles. The predicted molar refractivity (Wildman–Crippen MR) is 171 cm³/mol. The van der Waals surface area contributed by atoms with E-state index in [0.29, 0.717) is 34.8 Å². The van der Waals surface area contributed by atoms with Crippen LogP contribution < -0.4 is 15.8 Å². The van der Waals surface area contributed by atoms with E-state index in [-0.39, 0.29) is 18.4 Å². The maximum atomic E-state index is 12.9. The Bertz CT molecular complexity index is 1760. The Kier molecular flexibility index (Phi) is 7.65. The summed E-state index contributed by atoms with van der Waals surface area (Å²) >= 11 is 0. The third kappa shape index (κ3) is 5.48. The lowest BCUT2D eigenvalue weighted by Crippen LogP contribution is -2.49. The van der Waals surface area contributed by atoms with E-state index in [4.69, 9.17) is 20.0 Å². The van der Waals surface area contributed by atoms with E-state index in [9.17, 15) is 4.79 Å². The Morgan fingerprint density at radius 3 is 2.57 bits per heavy atom. The molecule has 2 fully saturated rings. The van der Waals surface area contributed by atoms with Gasteiger partial charge in [0, 0.05) is 43.2 Å². The maximum absolute atomic E-state index is 12.9. The molecule has 1 amide bonds. The number of carbonyl (C=O) groups excluding carboxylic acids is 1. The van der Waals surface area contributed by atoms with E-state index in [1.54, 1.807) is 7.11 Å². The van der Waals surface area contributed by atoms with Gasteiger partial charge in [0.1, 0.15) is 34.9 Å². The Hall–Kier alpha value is -4.48. The van der Waals surface area contributed by atoms with Crippen LogP contribution in [0.25, 0.3) is 33.3 Å². The maximum Gasteiger partial charge on any atom is 0.232 e. The first-order valence-electron chi connectivity index (χ1n) is 15.3. The van der Waals surface area contributed by atoms with Crippen molar-refractivity contribution in [3.8, 4) is 17.0 Å². The van der Waals surface area contributed by atoms with Crippen molar-refractivity contribution in [2.45, 2.75) is 44.2 Å². The molecule has 5 aromatic rings. The number of carbonyl (C=O) groups is 1. The highest BCUT2D eigenvalue weighted by Crippen LogP contribution is 2.39. The summed E-state index contributed by atoms with van der Waals surface area (Å²) < 4.78 is 13.6. The third-order valence-corrected chi connectivity index (χ3v) is 9.14. The number of benzene rings is 2. The van der Waals surface area contributed by atoms with Gasteiger partial charge in [-0.25, -0.2) is 14.6 Å². The normalized spacial score (nSPS) is 19.9. The highest BCUT2D eigenvalue weighted by Gasteiger charge is 2.31. The van der Waals surface area contributed by atoms with Crippen molar-refractivity contribution in [1.29, 1.82) is 0 Å². The lowest BCUT2D eigenvalue weighted by Gasteiger charge is -2.41. The molecule has 0 atom stereocenters. The number of amides is 1. The molecule has 2 aromatic carbocycles. The van der Waals surface area contributed by atoms with Gasteiger partial charge in [-0.05, 0) is 57.0 Å². The molecule has 44 heavy (non-hydrogen) atoms. The van der Waals surface area contributed by atoms with Crippen molar-refractivity contribution >= 4 is 39.4 Å². The fraction of sp³-hybridized carbons (Fsp3) is 0.394. The number of ether oxygens (including phenoxy) is 1. The average Bonchev–Trinajstić information content (AvgIpc) is 3.64. The van der Waals surface area contributed by atoms with Crippen LogP contribution in [0.3, 0.4) is 0 Å². The molecule has 0 radical (unpaired) electrons. The second-order valence-electron chi connectivity index (χ2n) is 11.9. The highest BCUT2D eigenvalue weighted by molar-refractivity contribution is 5.99. The molecule has 3 aromatic heterocycles. The van der Waals surface area contributed by atoms with Crippen LogP contribution in [0.15, 0.2) is 59.3 Å². The third-order valence-electron chi connectivity index (χ3n) is 9.14. The monoisotopic (exact) mass is 594 g/mol. The molecule has 4 heterocycles. The summed E-state index contributed by atoms with van der Waals surface area (Å²) in [5, 5.41) is 9.76. The van der Waals surface area contributed by atoms with E-state index in [2.05, 4.69) is 36.8 Å². The van der Waals surface area contributed by atoms with E-state index in [1.807, 2.05) is 48.5 Å². The van der Waals surface area contributed by atoms with Crippen LogP contribution in [-0.4, -0.2) is 81.8 Å². The van der Waals surface area contributed by atoms with Crippen molar-refractivity contribution < 1.29 is 13.9 Å². The summed E-state index contributed by atoms with van der Waals surface area (Å²) in [4.78, 5) is 26.9. The van der Waals surface area contributed by atoms with Crippen molar-refractivity contribution in [2.75, 3.05) is 51.4 Å². The first-order valence-corrected chi connectivity index (χ1v) is 15.3. The van der Waals surface area contributed by atoms with Crippen molar-refractivity contribution in [3.05, 3.63) is 60.6 Å². The van der Waals surface area contributed by atoms with Gasteiger partial charge in [-0.3, -0.25) is 9.69 Å². The molecule has 11 heteroatoms. The zero-order valence-electron chi connectivity index (χ0n) is 25.2. The summed E-state index contributed by atoms with van der Waals surface area (Å²) in [5.74, 6) is 1.31. The quantitative estimate of drug-likeness (QED) is 0.275. The summed E-state index contributed by atoms with van der Waals surface area (Å²) in [6.45, 7) is 4.55. The number of nitrogens with zero attached hydrogens (tertiary/aromatic N) is 6. The number of nitrogens with two attached hydrogens (primary N) is 1. The number of anilines is 2. The number of likely N-dealkylation sites (N-methyl/N-ethyl adjacent to an activating group) is 1. The Labute approximate surface area is 256 Å². The van der Waals surface area contributed by atoms with Crippen molar-refractivity contribution in [3.63, 3.8) is 0 Å². The van der Waals surface area contributed by atoms with Crippen LogP contribution >= 0.6 is 0 Å². The standard InChI is InChI=1S/C33H38N8O3/c1-39-13-15-40(16-14-39)23-8-10-24(11-9-23)41-33-30(32(34)35-20-36-33)31(38-41)22-7-12-26(28(18-22)43-2)37-29(42)19-25-17-21-5-3-4-6-27(21)44-25/h3-7,12,17-18,20,23-24H,8-11,13-16,19H2,1-2H3,(H,37,42)(H2,34,35,36). The number of rotatable bonds is 7. The van der Waals surface area contributed by atoms with Crippen LogP contribution in [0.5, 0.6) is 5.75 Å². The molecule has 1 saturated carbocycles. The van der Waals surface area contributed by atoms with Gasteiger partial charge in [0.2, 0.25) is 5.91 Å². The summed E-state index contributed by atoms with van der Waals surface area (Å²) in [7, 11) is 3.78. The fourth-order valence-electron chi connectivity index (χ4n) is 6.73. The van der Waals surface area contributed by atoms with E-state index in [0.717, 1.165) is 79.4 Å². The van der Waals surface area contributed by atoms with Gasteiger partial charge in [0.05, 0.1) is 30.6 Å². The number of fused-ring (bicyclic) bond motifs is 2. The van der Waals surface area contributed by atoms with Gasteiger partial charge in [-0.15, -0.1) is 0 Å². The van der Waals surface area contributed by atoms with Crippen LogP contribution in [-0.2, 0) is 11.2 Å². The van der Waals surface area contributed by atoms with Crippen molar-refractivity contribution in [2.24, 2.45) is 0 Å². The second-order valence-corrected chi connectivity index (χ2v) is 11.9. The first-order chi connectivity index (χ1) is 21.5. The zero-order valence-corrected chi connectivity index (χ0v) is 25.2. The number of hydrogen-bond donors (Lipinski definition) is 2. The summed E-state index contributed by atoms with van der Waals surface area (Å²) in [6.07, 6.45) is 5.98. The van der Waals surface area contributed by atoms with Crippen LogP contribution in [0.2, 0.25) is 0 Å². The van der Waals surface area contributed by atoms with Gasteiger partial charge < -0.3 is 25.1 Å². The molecule has 1 aliphatic heterocycles. The number of hydrogen-bond acceptors (Lipinski definition) is 9. The number of piperazine rings is 1. The van der Waals surface area contributed by atoms with Crippen LogP contribution in [0.4, 0.5) is 11.5 Å². The van der Waals surface area contributed by atoms with Gasteiger partial charge >= 0.3 is 0 Å². The number of nitrogen functional groups attached to an aromatic ring is 1. The molecular weight excluding hydrogens is 556 g/mol. The largest absolute Gasteiger partial charge is 0.495 e. The van der Waals surface area contributed by atoms with E-state index in [1.165, 1.54) is 6.33 Å². The molecule has 0 unspecified atom stereocenters. The first kappa shape index (κ1) is 28.3. The average molecular weight is 595 g/mol. The Morgan fingerprint density at radius 2 is 1.80 bits per heavy atom. The van der Waals surface area contributed by atoms with Crippen LogP contribution in [0.1, 0.15) is 37.5 Å². The molecule has 228 valence electrons. The summed E-state index contributed by atoms with van der Waals surface area (Å²) in [5.41, 5.74) is 10.0. The van der Waals surface area contributed by atoms with E-state index >= 15 is 0 Å². The number of furan rings is 1. The van der Waals surface area contributed by atoms with Crippen molar-refractivity contribution in [1.82, 2.24) is 29.5 Å². The lowest BCUT2D eigenvalue weighted by molar-refractivity contribution is -0.115. The van der Waals surface area contributed by atoms with Gasteiger partial charge in [0.25, 0.3) is 0 Å². The number of para-hydroxylation sites is 1. The minimum absolute atomic E-state index is 0.111. The molecule has 0 bridgehead atoms. The van der Waals surface area contributed by atoms with Crippen LogP contribution in [0, 0.1) is 0 Å². The van der Waals surface area contributed by atoms with Gasteiger partial charge in [-0.1, -0.05) is 24.3 Å². The highest BCUT2D eigenvalue weighted by atomic mass is 16.5. The molecule has 2 aliphatic rings. The topological polar surface area (TPSA) is 128 Å². The minimum Gasteiger partial charge on any atom is -0.495 e. The summed E-state index contributed by atoms with van der Waals surface area (Å²) in [6, 6.07) is 16.1. The SMILES string of the molecule is COc1cc(-c2nn(C3CCC(N4CCN(C)CC4)CC3)c3ncnc(N)c23)ccc1NC(=O)Cc1cc2ccccc2o1. The molecule has 7 rings (SSSR count).